The van der Waals surface area contributed by atoms with E-state index in [2.05, 4.69) is 4.99 Å². The smallest absolute Gasteiger partial charge is 0.323 e. The highest BCUT2D eigenvalue weighted by Crippen LogP contribution is 2.33. The first-order valence-electron chi connectivity index (χ1n) is 7.07. The Morgan fingerprint density at radius 1 is 1.22 bits per heavy atom. The highest BCUT2D eigenvalue weighted by atomic mass is 35.5. The molecular formula is C17H14Cl2N2O2. The van der Waals surface area contributed by atoms with E-state index >= 15 is 0 Å². The van der Waals surface area contributed by atoms with Gasteiger partial charge in [-0.1, -0.05) is 41.9 Å². The number of nitrogens with zero attached hydrogens (tertiary/aromatic N) is 2. The third kappa shape index (κ3) is 3.19. The number of hydrogen-bond acceptors (Lipinski definition) is 3. The van der Waals surface area contributed by atoms with Crippen LogP contribution in [0, 0.1) is 0 Å². The number of aliphatic imine (C=N–C) groups is 1. The van der Waals surface area contributed by atoms with Crippen LogP contribution in [0.1, 0.15) is 11.1 Å². The van der Waals surface area contributed by atoms with Gasteiger partial charge in [0.15, 0.2) is 0 Å². The molecule has 3 rings (SSSR count). The van der Waals surface area contributed by atoms with E-state index in [9.17, 15) is 9.90 Å². The van der Waals surface area contributed by atoms with Crippen molar-refractivity contribution in [3.05, 3.63) is 64.7 Å². The molecule has 0 radical (unpaired) electrons. The van der Waals surface area contributed by atoms with E-state index in [4.69, 9.17) is 23.2 Å². The lowest BCUT2D eigenvalue weighted by molar-refractivity contribution is -0.135. The van der Waals surface area contributed by atoms with Gasteiger partial charge in [0.05, 0.1) is 11.6 Å². The molecule has 1 unspecified atom stereocenters. The maximum absolute atomic E-state index is 11.2. The number of alkyl halides is 1. The van der Waals surface area contributed by atoms with E-state index in [0.29, 0.717) is 5.02 Å². The molecule has 1 atom stereocenters. The largest absolute Gasteiger partial charge is 0.480 e. The van der Waals surface area contributed by atoms with Crippen LogP contribution >= 0.6 is 23.2 Å². The third-order valence-electron chi connectivity index (χ3n) is 3.65. The molecule has 0 saturated carbocycles. The summed E-state index contributed by atoms with van der Waals surface area (Å²) >= 11 is 12.2. The molecule has 1 N–H and O–H groups in total. The number of anilines is 1. The Kier molecular flexibility index (Phi) is 4.55. The van der Waals surface area contributed by atoms with Crippen LogP contribution in [0.25, 0.3) is 0 Å². The van der Waals surface area contributed by atoms with Gasteiger partial charge >= 0.3 is 5.97 Å². The number of carboxylic acid groups (broad SMARTS) is 1. The normalized spacial score (nSPS) is 16.7. The first-order valence-corrected chi connectivity index (χ1v) is 7.99. The maximum atomic E-state index is 11.2. The van der Waals surface area contributed by atoms with Crippen LogP contribution in [0.2, 0.25) is 5.02 Å². The van der Waals surface area contributed by atoms with Crippen molar-refractivity contribution in [2.24, 2.45) is 4.99 Å². The lowest BCUT2D eigenvalue weighted by Crippen LogP contribution is -2.43. The number of carboxylic acids is 1. The zero-order valence-corrected chi connectivity index (χ0v) is 13.6. The molecule has 2 aromatic rings. The van der Waals surface area contributed by atoms with Crippen molar-refractivity contribution in [3.63, 3.8) is 0 Å². The SMILES string of the molecule is O=C(O)CN1c2ccc(Cl)cc2C(c2ccccc2)=NC1CCl. The van der Waals surface area contributed by atoms with Gasteiger partial charge < -0.3 is 10.0 Å². The van der Waals surface area contributed by atoms with Gasteiger partial charge in [-0.15, -0.1) is 11.6 Å². The molecule has 0 fully saturated rings. The lowest BCUT2D eigenvalue weighted by Gasteiger charge is -2.35. The number of halogens is 2. The minimum absolute atomic E-state index is 0.169. The fraction of sp³-hybridized carbons (Fsp3) is 0.176. The fourth-order valence-electron chi connectivity index (χ4n) is 2.68. The summed E-state index contributed by atoms with van der Waals surface area (Å²) in [6.07, 6.45) is -0.434. The molecule has 0 bridgehead atoms. The van der Waals surface area contributed by atoms with Crippen molar-refractivity contribution in [1.82, 2.24) is 0 Å². The van der Waals surface area contributed by atoms with Crippen molar-refractivity contribution in [2.45, 2.75) is 6.17 Å². The fourth-order valence-corrected chi connectivity index (χ4v) is 3.09. The van der Waals surface area contributed by atoms with E-state index < -0.39 is 12.1 Å². The second kappa shape index (κ2) is 6.60. The third-order valence-corrected chi connectivity index (χ3v) is 4.16. The van der Waals surface area contributed by atoms with Crippen molar-refractivity contribution in [3.8, 4) is 0 Å². The Morgan fingerprint density at radius 3 is 2.61 bits per heavy atom. The number of hydrogen-bond donors (Lipinski definition) is 1. The van der Waals surface area contributed by atoms with E-state index in [1.165, 1.54) is 0 Å². The molecule has 2 aromatic carbocycles. The topological polar surface area (TPSA) is 52.9 Å². The molecular weight excluding hydrogens is 335 g/mol. The molecule has 1 aliphatic rings. The molecule has 1 aliphatic heterocycles. The molecule has 0 amide bonds. The summed E-state index contributed by atoms with van der Waals surface area (Å²) in [5.74, 6) is -0.731. The average Bonchev–Trinajstić information content (AvgIpc) is 2.55. The van der Waals surface area contributed by atoms with E-state index in [-0.39, 0.29) is 12.4 Å². The van der Waals surface area contributed by atoms with Crippen LogP contribution in [0.3, 0.4) is 0 Å². The Labute approximate surface area is 144 Å². The minimum Gasteiger partial charge on any atom is -0.480 e. The number of fused-ring (bicyclic) bond motifs is 1. The van der Waals surface area contributed by atoms with Crippen molar-refractivity contribution < 1.29 is 9.90 Å². The maximum Gasteiger partial charge on any atom is 0.323 e. The predicted molar refractivity (Wildman–Crippen MR) is 93.0 cm³/mol. The molecule has 23 heavy (non-hydrogen) atoms. The Bertz CT molecular complexity index is 762. The molecule has 0 aliphatic carbocycles. The minimum atomic E-state index is -0.931. The molecule has 1 heterocycles. The second-order valence-corrected chi connectivity index (χ2v) is 5.91. The van der Waals surface area contributed by atoms with Gasteiger partial charge in [0.25, 0.3) is 0 Å². The number of aliphatic carboxylic acids is 1. The molecule has 6 heteroatoms. The highest BCUT2D eigenvalue weighted by Gasteiger charge is 2.29. The summed E-state index contributed by atoms with van der Waals surface area (Å²) in [5, 5.41) is 9.76. The van der Waals surface area contributed by atoms with E-state index in [0.717, 1.165) is 22.5 Å². The average molecular weight is 349 g/mol. The Balaban J connectivity index is 2.17. The summed E-state index contributed by atoms with van der Waals surface area (Å²) < 4.78 is 0. The van der Waals surface area contributed by atoms with Crippen molar-refractivity contribution in [1.29, 1.82) is 0 Å². The zero-order chi connectivity index (χ0) is 16.4. The standard InChI is InChI=1S/C17H14Cl2N2O2/c18-9-15-20-17(11-4-2-1-3-5-11)13-8-12(19)6-7-14(13)21(15)10-16(22)23/h1-8,15H,9-10H2,(H,22,23). The van der Waals surface area contributed by atoms with Gasteiger partial charge in [-0.3, -0.25) is 9.79 Å². The van der Waals surface area contributed by atoms with Crippen LogP contribution < -0.4 is 4.90 Å². The molecule has 0 aromatic heterocycles. The van der Waals surface area contributed by atoms with E-state index in [1.54, 1.807) is 11.0 Å². The molecule has 0 saturated heterocycles. The Morgan fingerprint density at radius 2 is 1.96 bits per heavy atom. The number of benzene rings is 2. The molecule has 118 valence electrons. The summed E-state index contributed by atoms with van der Waals surface area (Å²) in [6, 6.07) is 15.1. The number of carbonyl (C=O) groups is 1. The zero-order valence-electron chi connectivity index (χ0n) is 12.1. The second-order valence-electron chi connectivity index (χ2n) is 5.16. The van der Waals surface area contributed by atoms with Gasteiger partial charge in [0.2, 0.25) is 0 Å². The molecule has 4 nitrogen and oxygen atoms in total. The van der Waals surface area contributed by atoms with Crippen molar-refractivity contribution >= 4 is 40.6 Å². The summed E-state index contributed by atoms with van der Waals surface area (Å²) in [7, 11) is 0. The van der Waals surface area contributed by atoms with Gasteiger partial charge in [0, 0.05) is 21.8 Å². The summed E-state index contributed by atoms with van der Waals surface area (Å²) in [4.78, 5) is 17.6. The first-order chi connectivity index (χ1) is 11.1. The van der Waals surface area contributed by atoms with Crippen LogP contribution in [-0.2, 0) is 4.79 Å². The first kappa shape index (κ1) is 15.8. The van der Waals surface area contributed by atoms with E-state index in [1.807, 2.05) is 42.5 Å². The van der Waals surface area contributed by atoms with Crippen LogP contribution in [0.15, 0.2) is 53.5 Å². The number of rotatable bonds is 4. The predicted octanol–water partition coefficient (Wildman–Crippen LogP) is 3.65. The van der Waals surface area contributed by atoms with Gasteiger partial charge in [-0.25, -0.2) is 0 Å². The van der Waals surface area contributed by atoms with Gasteiger partial charge in [-0.05, 0) is 18.2 Å². The van der Waals surface area contributed by atoms with Crippen LogP contribution in [-0.4, -0.2) is 35.4 Å². The van der Waals surface area contributed by atoms with Crippen molar-refractivity contribution in [2.75, 3.05) is 17.3 Å². The monoisotopic (exact) mass is 348 g/mol. The quantitative estimate of drug-likeness (QED) is 0.858. The summed E-state index contributed by atoms with van der Waals surface area (Å²) in [6.45, 7) is -0.169. The van der Waals surface area contributed by atoms with Crippen LogP contribution in [0.4, 0.5) is 5.69 Å². The van der Waals surface area contributed by atoms with Gasteiger partial charge in [0.1, 0.15) is 12.7 Å². The van der Waals surface area contributed by atoms with Gasteiger partial charge in [-0.2, -0.15) is 0 Å². The molecule has 0 spiro atoms. The highest BCUT2D eigenvalue weighted by molar-refractivity contribution is 6.31. The Hall–Kier alpha value is -2.04. The summed E-state index contributed by atoms with van der Waals surface area (Å²) in [5.41, 5.74) is 3.30. The lowest BCUT2D eigenvalue weighted by atomic mass is 9.97. The van der Waals surface area contributed by atoms with Crippen LogP contribution in [0.5, 0.6) is 0 Å².